The van der Waals surface area contributed by atoms with Crippen molar-refractivity contribution in [2.24, 2.45) is 0 Å². The van der Waals surface area contributed by atoms with E-state index in [1.807, 2.05) is 36.0 Å². The zero-order chi connectivity index (χ0) is 21.1. The van der Waals surface area contributed by atoms with Gasteiger partial charge in [0.25, 0.3) is 0 Å². The summed E-state index contributed by atoms with van der Waals surface area (Å²) in [6.07, 6.45) is 5.53. The van der Waals surface area contributed by atoms with E-state index in [1.165, 1.54) is 19.3 Å². The third-order valence-corrected chi connectivity index (χ3v) is 5.41. The lowest BCUT2D eigenvalue weighted by Crippen LogP contribution is -2.32. The van der Waals surface area contributed by atoms with Crippen molar-refractivity contribution >= 4 is 17.6 Å². The molecule has 0 radical (unpaired) electrons. The largest absolute Gasteiger partial charge is 0.496 e. The highest BCUT2D eigenvalue weighted by Crippen LogP contribution is 2.33. The third kappa shape index (κ3) is 4.25. The maximum Gasteiger partial charge on any atom is 0.248 e. The van der Waals surface area contributed by atoms with Crippen molar-refractivity contribution in [3.05, 3.63) is 42.2 Å². The van der Waals surface area contributed by atoms with E-state index in [0.29, 0.717) is 5.95 Å². The Morgan fingerprint density at radius 2 is 1.87 bits per heavy atom. The summed E-state index contributed by atoms with van der Waals surface area (Å²) in [5.74, 6) is 2.35. The van der Waals surface area contributed by atoms with Crippen molar-refractivity contribution in [1.82, 2.24) is 19.7 Å². The summed E-state index contributed by atoms with van der Waals surface area (Å²) >= 11 is 0. The Balaban J connectivity index is 1.61. The molecule has 4 rings (SSSR count). The van der Waals surface area contributed by atoms with Gasteiger partial charge >= 0.3 is 0 Å². The molecule has 0 aliphatic carbocycles. The topological polar surface area (TPSA) is 68.1 Å². The molecule has 158 valence electrons. The van der Waals surface area contributed by atoms with Crippen LogP contribution in [0.1, 0.15) is 44.8 Å². The van der Waals surface area contributed by atoms with Crippen molar-refractivity contribution in [2.75, 3.05) is 30.4 Å². The summed E-state index contributed by atoms with van der Waals surface area (Å²) in [5.41, 5.74) is 3.99. The molecule has 1 saturated heterocycles. The van der Waals surface area contributed by atoms with Crippen molar-refractivity contribution in [2.45, 2.75) is 46.1 Å². The number of ether oxygens (including phenoxy) is 1. The standard InChI is InChI=1S/C23H30N6O/c1-16(2)29-23(28-12-6-5-7-13-28)26-22(27-29)25-19-8-9-20(21(15-19)30-4)18-10-11-24-17(3)14-18/h8-11,14-16H,5-7,12-13H2,1-4H3,(H,25,27). The Kier molecular flexibility index (Phi) is 5.88. The quantitative estimate of drug-likeness (QED) is 0.623. The van der Waals surface area contributed by atoms with Crippen LogP contribution in [-0.2, 0) is 0 Å². The zero-order valence-electron chi connectivity index (χ0n) is 18.2. The SMILES string of the molecule is COc1cc(Nc2nc(N3CCCCC3)n(C(C)C)n2)ccc1-c1ccnc(C)c1. The molecule has 0 saturated carbocycles. The van der Waals surface area contributed by atoms with Gasteiger partial charge in [-0.3, -0.25) is 4.98 Å². The smallest absolute Gasteiger partial charge is 0.248 e. The summed E-state index contributed by atoms with van der Waals surface area (Å²) in [4.78, 5) is 11.4. The second kappa shape index (κ2) is 8.73. The van der Waals surface area contributed by atoms with Gasteiger partial charge in [0.1, 0.15) is 5.75 Å². The van der Waals surface area contributed by atoms with Gasteiger partial charge in [0.05, 0.1) is 13.2 Å². The molecule has 1 fully saturated rings. The first-order valence-corrected chi connectivity index (χ1v) is 10.6. The van der Waals surface area contributed by atoms with E-state index in [9.17, 15) is 0 Å². The summed E-state index contributed by atoms with van der Waals surface area (Å²) in [6, 6.07) is 10.4. The summed E-state index contributed by atoms with van der Waals surface area (Å²) < 4.78 is 7.68. The van der Waals surface area contributed by atoms with Crippen molar-refractivity contribution in [3.8, 4) is 16.9 Å². The van der Waals surface area contributed by atoms with E-state index in [2.05, 4.69) is 41.2 Å². The van der Waals surface area contributed by atoms with Crippen LogP contribution in [0.5, 0.6) is 5.75 Å². The van der Waals surface area contributed by atoms with Gasteiger partial charge in [-0.05, 0) is 69.9 Å². The molecule has 7 nitrogen and oxygen atoms in total. The van der Waals surface area contributed by atoms with Gasteiger partial charge in [0.2, 0.25) is 11.9 Å². The normalized spacial score (nSPS) is 14.2. The number of aromatic nitrogens is 4. The van der Waals surface area contributed by atoms with E-state index in [-0.39, 0.29) is 6.04 Å². The molecule has 7 heteroatoms. The first kappa shape index (κ1) is 20.2. The van der Waals surface area contributed by atoms with Crippen molar-refractivity contribution in [3.63, 3.8) is 0 Å². The molecule has 1 aliphatic rings. The van der Waals surface area contributed by atoms with E-state index in [4.69, 9.17) is 14.8 Å². The lowest BCUT2D eigenvalue weighted by Gasteiger charge is -2.28. The Labute approximate surface area is 178 Å². The number of nitrogens with zero attached hydrogens (tertiary/aromatic N) is 5. The van der Waals surface area contributed by atoms with E-state index < -0.39 is 0 Å². The lowest BCUT2D eigenvalue weighted by molar-refractivity contribution is 0.416. The predicted molar refractivity (Wildman–Crippen MR) is 121 cm³/mol. The van der Waals surface area contributed by atoms with Crippen LogP contribution in [0.25, 0.3) is 11.1 Å². The molecule has 0 bridgehead atoms. The van der Waals surface area contributed by atoms with Gasteiger partial charge in [-0.25, -0.2) is 4.68 Å². The number of nitrogens with one attached hydrogen (secondary N) is 1. The van der Waals surface area contributed by atoms with Crippen LogP contribution in [0.2, 0.25) is 0 Å². The minimum Gasteiger partial charge on any atom is -0.496 e. The maximum absolute atomic E-state index is 5.67. The molecular weight excluding hydrogens is 376 g/mol. The van der Waals surface area contributed by atoms with Gasteiger partial charge in [0, 0.05) is 42.3 Å². The number of aryl methyl sites for hydroxylation is 1. The highest BCUT2D eigenvalue weighted by Gasteiger charge is 2.21. The maximum atomic E-state index is 5.67. The number of hydrogen-bond acceptors (Lipinski definition) is 6. The first-order valence-electron chi connectivity index (χ1n) is 10.6. The summed E-state index contributed by atoms with van der Waals surface area (Å²) in [5, 5.41) is 8.09. The molecule has 0 spiro atoms. The van der Waals surface area contributed by atoms with Gasteiger partial charge in [-0.2, -0.15) is 4.98 Å². The van der Waals surface area contributed by atoms with E-state index >= 15 is 0 Å². The van der Waals surface area contributed by atoms with Crippen LogP contribution in [0.15, 0.2) is 36.5 Å². The molecule has 30 heavy (non-hydrogen) atoms. The number of anilines is 3. The molecule has 1 aromatic carbocycles. The van der Waals surface area contributed by atoms with Crippen LogP contribution >= 0.6 is 0 Å². The van der Waals surface area contributed by atoms with Gasteiger partial charge in [-0.15, -0.1) is 5.10 Å². The fraction of sp³-hybridized carbons (Fsp3) is 0.435. The van der Waals surface area contributed by atoms with Crippen LogP contribution in [0.4, 0.5) is 17.6 Å². The fourth-order valence-corrected chi connectivity index (χ4v) is 3.87. The highest BCUT2D eigenvalue weighted by molar-refractivity contribution is 5.74. The van der Waals surface area contributed by atoms with Gasteiger partial charge < -0.3 is 15.0 Å². The monoisotopic (exact) mass is 406 g/mol. The number of hydrogen-bond donors (Lipinski definition) is 1. The Morgan fingerprint density at radius 3 is 2.57 bits per heavy atom. The van der Waals surface area contributed by atoms with Crippen LogP contribution in [-0.4, -0.2) is 39.9 Å². The first-order chi connectivity index (χ1) is 14.5. The van der Waals surface area contributed by atoms with E-state index in [1.54, 1.807) is 7.11 Å². The highest BCUT2D eigenvalue weighted by atomic mass is 16.5. The number of methoxy groups -OCH3 is 1. The Hall–Kier alpha value is -3.09. The molecule has 3 heterocycles. The average Bonchev–Trinajstić information content (AvgIpc) is 3.18. The molecule has 1 aliphatic heterocycles. The number of benzene rings is 1. The second-order valence-electron chi connectivity index (χ2n) is 8.05. The minimum absolute atomic E-state index is 0.247. The van der Waals surface area contributed by atoms with E-state index in [0.717, 1.165) is 47.3 Å². The predicted octanol–water partition coefficient (Wildman–Crippen LogP) is 4.97. The third-order valence-electron chi connectivity index (χ3n) is 5.41. The minimum atomic E-state index is 0.247. The second-order valence-corrected chi connectivity index (χ2v) is 8.05. The number of piperidine rings is 1. The molecular formula is C23H30N6O. The van der Waals surface area contributed by atoms with Gasteiger partial charge in [-0.1, -0.05) is 0 Å². The van der Waals surface area contributed by atoms with Crippen molar-refractivity contribution < 1.29 is 4.74 Å². The Morgan fingerprint density at radius 1 is 1.07 bits per heavy atom. The molecule has 0 atom stereocenters. The average molecular weight is 407 g/mol. The fourth-order valence-electron chi connectivity index (χ4n) is 3.87. The Bertz CT molecular complexity index is 1010. The number of pyridine rings is 1. The summed E-state index contributed by atoms with van der Waals surface area (Å²) in [7, 11) is 1.69. The molecule has 3 aromatic rings. The molecule has 2 aromatic heterocycles. The number of rotatable bonds is 6. The van der Waals surface area contributed by atoms with Crippen molar-refractivity contribution in [1.29, 1.82) is 0 Å². The lowest BCUT2D eigenvalue weighted by atomic mass is 10.0. The van der Waals surface area contributed by atoms with Crippen LogP contribution in [0, 0.1) is 6.92 Å². The van der Waals surface area contributed by atoms with Crippen LogP contribution in [0.3, 0.4) is 0 Å². The zero-order valence-corrected chi connectivity index (χ0v) is 18.2. The van der Waals surface area contributed by atoms with Crippen LogP contribution < -0.4 is 15.0 Å². The molecule has 0 amide bonds. The molecule has 1 N–H and O–H groups in total. The summed E-state index contributed by atoms with van der Waals surface area (Å²) in [6.45, 7) is 8.35. The molecule has 0 unspecified atom stereocenters. The van der Waals surface area contributed by atoms with Gasteiger partial charge in [0.15, 0.2) is 0 Å².